The fourth-order valence-electron chi connectivity index (χ4n) is 2.49. The summed E-state index contributed by atoms with van der Waals surface area (Å²) in [6.45, 7) is 20.6. The molecule has 17 heavy (non-hydrogen) atoms. The van der Waals surface area contributed by atoms with E-state index in [0.29, 0.717) is 17.8 Å². The number of rotatable bonds is 3. The van der Waals surface area contributed by atoms with Gasteiger partial charge >= 0.3 is 0 Å². The highest BCUT2D eigenvalue weighted by Crippen LogP contribution is 2.39. The van der Waals surface area contributed by atoms with Crippen molar-refractivity contribution in [2.24, 2.45) is 0 Å². The Morgan fingerprint density at radius 3 is 1.71 bits per heavy atom. The summed E-state index contributed by atoms with van der Waals surface area (Å²) >= 11 is 0. The van der Waals surface area contributed by atoms with E-state index in [4.69, 9.17) is 6.57 Å². The van der Waals surface area contributed by atoms with Gasteiger partial charge < -0.3 is 0 Å². The summed E-state index contributed by atoms with van der Waals surface area (Å²) in [7, 11) is 0. The third-order valence-electron chi connectivity index (χ3n) is 3.20. The van der Waals surface area contributed by atoms with Crippen LogP contribution < -0.4 is 0 Å². The zero-order valence-electron chi connectivity index (χ0n) is 11.8. The van der Waals surface area contributed by atoms with Gasteiger partial charge in [0.2, 0.25) is 0 Å². The van der Waals surface area contributed by atoms with E-state index in [0.717, 1.165) is 5.69 Å². The molecule has 1 aromatic carbocycles. The van der Waals surface area contributed by atoms with Crippen LogP contribution in [-0.2, 0) is 0 Å². The van der Waals surface area contributed by atoms with Crippen LogP contribution in [0.4, 0.5) is 5.69 Å². The zero-order valence-corrected chi connectivity index (χ0v) is 11.8. The number of hydrogen-bond donors (Lipinski definition) is 0. The van der Waals surface area contributed by atoms with Crippen molar-refractivity contribution >= 4 is 5.69 Å². The Hall–Kier alpha value is -1.29. The van der Waals surface area contributed by atoms with E-state index in [1.165, 1.54) is 16.7 Å². The van der Waals surface area contributed by atoms with E-state index < -0.39 is 0 Å². The van der Waals surface area contributed by atoms with Crippen LogP contribution in [0.3, 0.4) is 0 Å². The lowest BCUT2D eigenvalue weighted by Crippen LogP contribution is -2.05. The van der Waals surface area contributed by atoms with Gasteiger partial charge in [0.1, 0.15) is 0 Å². The van der Waals surface area contributed by atoms with Crippen molar-refractivity contribution < 1.29 is 0 Å². The summed E-state index contributed by atoms with van der Waals surface area (Å²) in [6.07, 6.45) is 0. The van der Waals surface area contributed by atoms with Crippen LogP contribution in [0.5, 0.6) is 0 Å². The summed E-state index contributed by atoms with van der Waals surface area (Å²) < 4.78 is 0. The second kappa shape index (κ2) is 5.36. The molecule has 0 N–H and O–H groups in total. The Kier molecular flexibility index (Phi) is 4.34. The highest BCUT2D eigenvalue weighted by Gasteiger charge is 2.19. The highest BCUT2D eigenvalue weighted by molar-refractivity contribution is 5.60. The second-order valence-electron chi connectivity index (χ2n) is 5.58. The van der Waals surface area contributed by atoms with E-state index in [2.05, 4.69) is 52.5 Å². The van der Waals surface area contributed by atoms with E-state index >= 15 is 0 Å². The molecule has 0 unspecified atom stereocenters. The van der Waals surface area contributed by atoms with E-state index in [-0.39, 0.29) is 0 Å². The molecule has 1 aromatic rings. The Labute approximate surface area is 106 Å². The van der Waals surface area contributed by atoms with Crippen LogP contribution in [0, 0.1) is 6.57 Å². The fraction of sp³-hybridized carbons (Fsp3) is 0.562. The van der Waals surface area contributed by atoms with Crippen LogP contribution in [0.25, 0.3) is 4.85 Å². The quantitative estimate of drug-likeness (QED) is 0.593. The number of nitrogens with zero attached hydrogens (tertiary/aromatic N) is 1. The van der Waals surface area contributed by atoms with Crippen molar-refractivity contribution in [1.29, 1.82) is 0 Å². The van der Waals surface area contributed by atoms with E-state index in [9.17, 15) is 0 Å². The van der Waals surface area contributed by atoms with Gasteiger partial charge in [-0.15, -0.1) is 0 Å². The SMILES string of the molecule is [C-]#[N+]c1ccc(C(C)C)c(C(C)C)c1C(C)C. The van der Waals surface area contributed by atoms with Crippen LogP contribution in [0.15, 0.2) is 12.1 Å². The standard InChI is InChI=1S/C16H23N/c1-10(2)13-8-9-14(17-7)16(12(5)6)15(13)11(3)4/h8-12H,1-6H3. The zero-order chi connectivity index (χ0) is 13.2. The summed E-state index contributed by atoms with van der Waals surface area (Å²) in [5, 5.41) is 0. The van der Waals surface area contributed by atoms with Crippen LogP contribution in [0.2, 0.25) is 0 Å². The molecule has 0 atom stereocenters. The topological polar surface area (TPSA) is 4.36 Å². The molecule has 0 aromatic heterocycles. The summed E-state index contributed by atoms with van der Waals surface area (Å²) in [5.74, 6) is 1.41. The minimum atomic E-state index is 0.412. The predicted molar refractivity (Wildman–Crippen MR) is 75.0 cm³/mol. The minimum Gasteiger partial charge on any atom is -0.238 e. The molecule has 0 aliphatic heterocycles. The second-order valence-corrected chi connectivity index (χ2v) is 5.58. The molecule has 0 spiro atoms. The van der Waals surface area contributed by atoms with Gasteiger partial charge in [0.15, 0.2) is 5.69 Å². The Balaban J connectivity index is 3.61. The van der Waals surface area contributed by atoms with Gasteiger partial charge in [0.25, 0.3) is 0 Å². The van der Waals surface area contributed by atoms with Crippen molar-refractivity contribution in [3.8, 4) is 0 Å². The average Bonchev–Trinajstić information content (AvgIpc) is 2.26. The largest absolute Gasteiger partial charge is 0.238 e. The number of benzene rings is 1. The van der Waals surface area contributed by atoms with Crippen molar-refractivity contribution in [2.75, 3.05) is 0 Å². The molecule has 0 fully saturated rings. The molecule has 0 radical (unpaired) electrons. The Bertz CT molecular complexity index is 434. The van der Waals surface area contributed by atoms with Gasteiger partial charge in [-0.05, 0) is 34.4 Å². The molecule has 92 valence electrons. The van der Waals surface area contributed by atoms with Crippen LogP contribution in [0.1, 0.15) is 76.0 Å². The lowest BCUT2D eigenvalue weighted by atomic mass is 9.82. The van der Waals surface area contributed by atoms with Gasteiger partial charge in [0, 0.05) is 0 Å². The molecule has 0 saturated heterocycles. The molecule has 0 aliphatic rings. The Morgan fingerprint density at radius 1 is 0.824 bits per heavy atom. The molecule has 1 heteroatoms. The smallest absolute Gasteiger partial charge is 0.190 e. The average molecular weight is 229 g/mol. The molecule has 0 bridgehead atoms. The van der Waals surface area contributed by atoms with Gasteiger partial charge in [0.05, 0.1) is 6.57 Å². The first-order valence-electron chi connectivity index (χ1n) is 6.44. The third kappa shape index (κ3) is 2.69. The monoisotopic (exact) mass is 229 g/mol. The first-order valence-corrected chi connectivity index (χ1v) is 6.44. The molecule has 1 nitrogen and oxygen atoms in total. The summed E-state index contributed by atoms with van der Waals surface area (Å²) in [6, 6.07) is 4.13. The lowest BCUT2D eigenvalue weighted by Gasteiger charge is -2.23. The maximum Gasteiger partial charge on any atom is 0.190 e. The van der Waals surface area contributed by atoms with Crippen molar-refractivity contribution in [2.45, 2.75) is 59.3 Å². The van der Waals surface area contributed by atoms with Crippen molar-refractivity contribution in [3.05, 3.63) is 40.2 Å². The molecule has 1 rings (SSSR count). The lowest BCUT2D eigenvalue weighted by molar-refractivity contribution is 0.751. The number of hydrogen-bond acceptors (Lipinski definition) is 0. The van der Waals surface area contributed by atoms with Crippen molar-refractivity contribution in [3.63, 3.8) is 0 Å². The van der Waals surface area contributed by atoms with E-state index in [1.807, 2.05) is 6.07 Å². The third-order valence-corrected chi connectivity index (χ3v) is 3.20. The molecule has 0 amide bonds. The molecular formula is C16H23N. The van der Waals surface area contributed by atoms with Crippen LogP contribution >= 0.6 is 0 Å². The van der Waals surface area contributed by atoms with Crippen LogP contribution in [-0.4, -0.2) is 0 Å². The maximum absolute atomic E-state index is 7.32. The summed E-state index contributed by atoms with van der Waals surface area (Å²) in [4.78, 5) is 3.69. The minimum absolute atomic E-state index is 0.412. The molecule has 0 aliphatic carbocycles. The predicted octanol–water partition coefficient (Wildman–Crippen LogP) is 5.61. The van der Waals surface area contributed by atoms with Gasteiger partial charge in [-0.3, -0.25) is 0 Å². The Morgan fingerprint density at radius 2 is 1.35 bits per heavy atom. The van der Waals surface area contributed by atoms with Gasteiger partial charge in [-0.25, -0.2) is 4.85 Å². The molecule has 0 heterocycles. The molecular weight excluding hydrogens is 206 g/mol. The maximum atomic E-state index is 7.32. The normalized spacial score (nSPS) is 11.3. The van der Waals surface area contributed by atoms with E-state index in [1.54, 1.807) is 0 Å². The van der Waals surface area contributed by atoms with Crippen molar-refractivity contribution in [1.82, 2.24) is 0 Å². The van der Waals surface area contributed by atoms with Gasteiger partial charge in [-0.2, -0.15) is 0 Å². The summed E-state index contributed by atoms with van der Waals surface area (Å²) in [5.41, 5.74) is 4.87. The highest BCUT2D eigenvalue weighted by atomic mass is 14.7. The molecule has 0 saturated carbocycles. The fourth-order valence-corrected chi connectivity index (χ4v) is 2.49. The first-order chi connectivity index (χ1) is 7.90. The first kappa shape index (κ1) is 13.8. The van der Waals surface area contributed by atoms with Gasteiger partial charge in [-0.1, -0.05) is 53.7 Å².